The van der Waals surface area contributed by atoms with E-state index >= 15 is 0 Å². The third kappa shape index (κ3) is 18.1. The molecule has 0 radical (unpaired) electrons. The molecule has 0 amide bonds. The molecule has 0 bridgehead atoms. The molecule has 2 unspecified atom stereocenters. The highest BCUT2D eigenvalue weighted by atomic mass is 16.5. The minimum absolute atomic E-state index is 0.424. The van der Waals surface area contributed by atoms with Crippen LogP contribution in [0.2, 0.25) is 0 Å². The van der Waals surface area contributed by atoms with E-state index in [1.165, 1.54) is 152 Å². The third-order valence-corrected chi connectivity index (χ3v) is 11.0. The number of rotatable bonds is 32. The fourth-order valence-electron chi connectivity index (χ4n) is 7.63. The summed E-state index contributed by atoms with van der Waals surface area (Å²) in [5.41, 5.74) is 4.12. The Balaban J connectivity index is 2.14. The predicted molar refractivity (Wildman–Crippen MR) is 219 cm³/mol. The Morgan fingerprint density at radius 2 is 0.694 bits per heavy atom. The van der Waals surface area contributed by atoms with Crippen LogP contribution in [0, 0.1) is 0 Å². The van der Waals surface area contributed by atoms with E-state index in [-0.39, 0.29) is 0 Å². The van der Waals surface area contributed by atoms with Crippen molar-refractivity contribution in [3.8, 4) is 0 Å². The second-order valence-corrected chi connectivity index (χ2v) is 15.5. The van der Waals surface area contributed by atoms with E-state index in [4.69, 9.17) is 4.74 Å². The summed E-state index contributed by atoms with van der Waals surface area (Å²) in [6, 6.07) is 22.0. The highest BCUT2D eigenvalue weighted by molar-refractivity contribution is 5.27. The molecule has 0 spiro atoms. The van der Waals surface area contributed by atoms with Gasteiger partial charge in [0.05, 0.1) is 11.2 Å². The van der Waals surface area contributed by atoms with E-state index in [0.717, 1.165) is 36.8 Å². The number of hydrogen-bond acceptors (Lipinski definition) is 1. The predicted octanol–water partition coefficient (Wildman–Crippen LogP) is 15.5. The Hall–Kier alpha value is -2.12. The van der Waals surface area contributed by atoms with Gasteiger partial charge in [-0.05, 0) is 49.0 Å². The van der Waals surface area contributed by atoms with Crippen molar-refractivity contribution in [1.82, 2.24) is 0 Å². The van der Waals surface area contributed by atoms with Gasteiger partial charge in [-0.2, -0.15) is 0 Å². The van der Waals surface area contributed by atoms with Gasteiger partial charge in [-0.25, -0.2) is 0 Å². The molecule has 2 atom stereocenters. The maximum Gasteiger partial charge on any atom is 0.0938 e. The molecule has 0 aliphatic heterocycles. The van der Waals surface area contributed by atoms with E-state index in [1.807, 2.05) is 0 Å². The lowest BCUT2D eigenvalue weighted by atomic mass is 9.78. The van der Waals surface area contributed by atoms with Gasteiger partial charge >= 0.3 is 0 Å². The van der Waals surface area contributed by atoms with E-state index in [0.29, 0.717) is 0 Å². The fraction of sp³-hybridized carbons (Fsp3) is 0.667. The average Bonchev–Trinajstić information content (AvgIpc) is 3.10. The van der Waals surface area contributed by atoms with Crippen molar-refractivity contribution in [1.29, 1.82) is 0 Å². The first kappa shape index (κ1) is 43.0. The largest absolute Gasteiger partial charge is 0.359 e. The minimum atomic E-state index is -0.424. The molecule has 276 valence electrons. The van der Waals surface area contributed by atoms with Gasteiger partial charge in [-0.3, -0.25) is 0 Å². The maximum atomic E-state index is 7.74. The molecule has 0 heterocycles. The van der Waals surface area contributed by atoms with Crippen molar-refractivity contribution in [3.63, 3.8) is 0 Å². The first-order valence-electron chi connectivity index (χ1n) is 21.0. The van der Waals surface area contributed by atoms with Crippen LogP contribution >= 0.6 is 0 Å². The molecule has 0 saturated heterocycles. The molecule has 0 saturated carbocycles. The topological polar surface area (TPSA) is 9.23 Å². The smallest absolute Gasteiger partial charge is 0.0938 e. The number of hydrogen-bond donors (Lipinski definition) is 0. The first-order valence-corrected chi connectivity index (χ1v) is 21.0. The lowest BCUT2D eigenvalue weighted by Gasteiger charge is -2.46. The highest BCUT2D eigenvalue weighted by Crippen LogP contribution is 2.42. The van der Waals surface area contributed by atoms with Crippen LogP contribution < -0.4 is 0 Å². The molecular weight excluding hydrogens is 593 g/mol. The van der Waals surface area contributed by atoms with Crippen molar-refractivity contribution in [2.45, 2.75) is 206 Å². The summed E-state index contributed by atoms with van der Waals surface area (Å²) >= 11 is 0. The van der Waals surface area contributed by atoms with Gasteiger partial charge in [0.15, 0.2) is 0 Å². The normalized spacial score (nSPS) is 14.0. The summed E-state index contributed by atoms with van der Waals surface area (Å²) in [5.74, 6) is 0. The number of unbranched alkanes of at least 4 members (excludes halogenated alkanes) is 20. The molecule has 0 aliphatic rings. The molecule has 0 aromatic heterocycles. The summed E-state index contributed by atoms with van der Waals surface area (Å²) in [6.45, 7) is 18.3. The molecule has 0 fully saturated rings. The van der Waals surface area contributed by atoms with Crippen LogP contribution in [0.15, 0.2) is 85.0 Å². The molecule has 2 aromatic carbocycles. The van der Waals surface area contributed by atoms with E-state index in [2.05, 4.69) is 102 Å². The van der Waals surface area contributed by atoms with Gasteiger partial charge in [0.25, 0.3) is 0 Å². The molecular formula is C48H78O. The van der Waals surface area contributed by atoms with E-state index in [1.54, 1.807) is 0 Å². The molecule has 2 rings (SSSR count). The standard InChI is InChI=1S/C48H78O/c1-7-9-11-13-15-17-19-21-23-25-33-39-47(43(3)4,41-45-35-29-27-30-36-45)49-48(44(5)6,42-46-37-31-28-32-38-46)40-34-26-24-22-20-18-16-14-12-10-8-2/h27-32,35-38H,3,5,7-26,33-34,39-42H2,1-2,4,6H3. The Kier molecular flexibility index (Phi) is 23.4. The van der Waals surface area contributed by atoms with Crippen LogP contribution in [-0.4, -0.2) is 11.2 Å². The number of ether oxygens (including phenoxy) is 1. The average molecular weight is 671 g/mol. The van der Waals surface area contributed by atoms with Crippen molar-refractivity contribution in [3.05, 3.63) is 96.1 Å². The fourth-order valence-corrected chi connectivity index (χ4v) is 7.63. The Morgan fingerprint density at radius 3 is 0.959 bits per heavy atom. The van der Waals surface area contributed by atoms with Crippen molar-refractivity contribution in [2.24, 2.45) is 0 Å². The molecule has 1 nitrogen and oxygen atoms in total. The summed E-state index contributed by atoms with van der Waals surface area (Å²) in [7, 11) is 0. The Morgan fingerprint density at radius 1 is 0.429 bits per heavy atom. The lowest BCUT2D eigenvalue weighted by Crippen LogP contribution is -2.49. The van der Waals surface area contributed by atoms with Gasteiger partial charge in [0.2, 0.25) is 0 Å². The van der Waals surface area contributed by atoms with Crippen LogP contribution in [0.1, 0.15) is 193 Å². The second kappa shape index (κ2) is 26.7. The monoisotopic (exact) mass is 671 g/mol. The van der Waals surface area contributed by atoms with Gasteiger partial charge in [0.1, 0.15) is 0 Å². The minimum Gasteiger partial charge on any atom is -0.359 e. The Bertz CT molecular complexity index is 999. The van der Waals surface area contributed by atoms with Crippen LogP contribution in [0.25, 0.3) is 0 Å². The summed E-state index contributed by atoms with van der Waals surface area (Å²) in [4.78, 5) is 0. The summed E-state index contributed by atoms with van der Waals surface area (Å²) < 4.78 is 7.74. The SMILES string of the molecule is C=C(C)C(CCCCCCCCCCCCC)(Cc1ccccc1)OC(CCCCCCCCCCCCC)(Cc1ccccc1)C(=C)C. The van der Waals surface area contributed by atoms with Gasteiger partial charge in [0, 0.05) is 12.8 Å². The van der Waals surface area contributed by atoms with Crippen LogP contribution in [0.5, 0.6) is 0 Å². The summed E-state index contributed by atoms with van der Waals surface area (Å²) in [6.07, 6.45) is 33.5. The highest BCUT2D eigenvalue weighted by Gasteiger charge is 2.43. The van der Waals surface area contributed by atoms with E-state index < -0.39 is 11.2 Å². The molecule has 0 N–H and O–H groups in total. The molecule has 2 aromatic rings. The van der Waals surface area contributed by atoms with E-state index in [9.17, 15) is 0 Å². The first-order chi connectivity index (χ1) is 23.9. The van der Waals surface area contributed by atoms with Crippen LogP contribution in [0.3, 0.4) is 0 Å². The zero-order valence-electron chi connectivity index (χ0n) is 33.0. The van der Waals surface area contributed by atoms with Crippen LogP contribution in [0.4, 0.5) is 0 Å². The molecule has 1 heteroatoms. The zero-order chi connectivity index (χ0) is 35.5. The number of benzene rings is 2. The third-order valence-electron chi connectivity index (χ3n) is 11.0. The van der Waals surface area contributed by atoms with Crippen molar-refractivity contribution < 1.29 is 4.74 Å². The summed E-state index contributed by atoms with van der Waals surface area (Å²) in [5, 5.41) is 0. The zero-order valence-corrected chi connectivity index (χ0v) is 33.0. The molecule has 0 aliphatic carbocycles. The van der Waals surface area contributed by atoms with Gasteiger partial charge in [-0.15, -0.1) is 0 Å². The molecule has 49 heavy (non-hydrogen) atoms. The van der Waals surface area contributed by atoms with Crippen molar-refractivity contribution in [2.75, 3.05) is 0 Å². The van der Waals surface area contributed by atoms with Crippen molar-refractivity contribution >= 4 is 0 Å². The quantitative estimate of drug-likeness (QED) is 0.0556. The van der Waals surface area contributed by atoms with Gasteiger partial charge in [-0.1, -0.05) is 229 Å². The van der Waals surface area contributed by atoms with Gasteiger partial charge < -0.3 is 4.74 Å². The van der Waals surface area contributed by atoms with Crippen LogP contribution in [-0.2, 0) is 17.6 Å². The maximum absolute atomic E-state index is 7.74. The second-order valence-electron chi connectivity index (χ2n) is 15.5. The lowest BCUT2D eigenvalue weighted by molar-refractivity contribution is -0.128. The Labute approximate surface area is 305 Å².